The van der Waals surface area contributed by atoms with E-state index < -0.39 is 17.5 Å². The summed E-state index contributed by atoms with van der Waals surface area (Å²) < 4.78 is 61.8. The molecule has 0 fully saturated rings. The Kier molecular flexibility index (Phi) is 7.80. The zero-order valence-corrected chi connectivity index (χ0v) is 26.6. The number of amides is 1. The summed E-state index contributed by atoms with van der Waals surface area (Å²) in [6, 6.07) is 8.61. The number of methoxy groups -OCH3 is 1. The van der Waals surface area contributed by atoms with E-state index >= 15 is 8.78 Å². The lowest BCUT2D eigenvalue weighted by Gasteiger charge is -2.33. The smallest absolute Gasteiger partial charge is 0.246 e. The summed E-state index contributed by atoms with van der Waals surface area (Å²) in [6.45, 7) is 6.57. The molecule has 0 saturated heterocycles. The van der Waals surface area contributed by atoms with E-state index in [-0.39, 0.29) is 47.7 Å². The van der Waals surface area contributed by atoms with Crippen molar-refractivity contribution in [2.75, 3.05) is 26.9 Å². The van der Waals surface area contributed by atoms with Crippen LogP contribution in [0.25, 0.3) is 54.8 Å². The lowest BCUT2D eigenvalue weighted by atomic mass is 9.96. The molecule has 1 atom stereocenters. The van der Waals surface area contributed by atoms with Gasteiger partial charge in [0.25, 0.3) is 0 Å². The molecule has 4 aromatic heterocycles. The molecule has 47 heavy (non-hydrogen) atoms. The molecule has 5 heterocycles. The van der Waals surface area contributed by atoms with Gasteiger partial charge in [0.1, 0.15) is 41.2 Å². The van der Waals surface area contributed by atoms with Gasteiger partial charge in [-0.3, -0.25) is 14.2 Å². The molecule has 1 aliphatic heterocycles. The van der Waals surface area contributed by atoms with Crippen LogP contribution >= 0.6 is 11.3 Å². The molecule has 7 rings (SSSR count). The monoisotopic (exact) mass is 658 g/mol. The lowest BCUT2D eigenvalue weighted by Crippen LogP contribution is -2.40. The third kappa shape index (κ3) is 5.06. The van der Waals surface area contributed by atoms with Crippen molar-refractivity contribution in [2.24, 2.45) is 7.05 Å². The number of hydrogen-bond acceptors (Lipinski definition) is 7. The first-order valence-electron chi connectivity index (χ1n) is 14.9. The Bertz CT molecular complexity index is 2210. The second-order valence-corrected chi connectivity index (χ2v) is 12.1. The van der Waals surface area contributed by atoms with Crippen LogP contribution in [0.3, 0.4) is 0 Å². The molecule has 1 unspecified atom stereocenters. The van der Waals surface area contributed by atoms with E-state index in [1.165, 1.54) is 30.7 Å². The molecule has 9 nitrogen and oxygen atoms in total. The second kappa shape index (κ2) is 12.0. The number of hydrogen-bond donors (Lipinski definition) is 0. The van der Waals surface area contributed by atoms with Gasteiger partial charge in [0.05, 0.1) is 53.2 Å². The zero-order valence-electron chi connectivity index (χ0n) is 25.8. The van der Waals surface area contributed by atoms with Crippen LogP contribution in [0, 0.1) is 17.5 Å². The topological polar surface area (TPSA) is 87.3 Å². The number of rotatable bonds is 8. The fourth-order valence-electron chi connectivity index (χ4n) is 6.20. The Morgan fingerprint density at radius 1 is 1.09 bits per heavy atom. The minimum absolute atomic E-state index is 0.00494. The van der Waals surface area contributed by atoms with Gasteiger partial charge in [-0.2, -0.15) is 10.2 Å². The van der Waals surface area contributed by atoms with Crippen LogP contribution in [0.4, 0.5) is 13.2 Å². The third-order valence-electron chi connectivity index (χ3n) is 8.50. The number of ether oxygens (including phenoxy) is 2. The van der Waals surface area contributed by atoms with Crippen LogP contribution < -0.4 is 4.74 Å². The average molecular weight is 659 g/mol. The SMILES string of the molecule is C=CC(=O)N1CCn2nc(-c3nc(-c4ccc5c(cnn5C)c4F)c4ccsc4c3-c3c(F)cc(F)cc3OCCOC)cc2C1C. The molecule has 240 valence electrons. The van der Waals surface area contributed by atoms with Gasteiger partial charge in [0.2, 0.25) is 5.91 Å². The van der Waals surface area contributed by atoms with Crippen molar-refractivity contribution < 1.29 is 27.4 Å². The third-order valence-corrected chi connectivity index (χ3v) is 9.43. The van der Waals surface area contributed by atoms with Crippen LogP contribution in [0.5, 0.6) is 5.75 Å². The molecule has 0 saturated carbocycles. The summed E-state index contributed by atoms with van der Waals surface area (Å²) in [4.78, 5) is 19.3. The summed E-state index contributed by atoms with van der Waals surface area (Å²) in [7, 11) is 3.23. The van der Waals surface area contributed by atoms with Gasteiger partial charge in [-0.05, 0) is 42.6 Å². The van der Waals surface area contributed by atoms with Crippen molar-refractivity contribution in [3.63, 3.8) is 0 Å². The Morgan fingerprint density at radius 2 is 1.91 bits per heavy atom. The molecule has 13 heteroatoms. The van der Waals surface area contributed by atoms with E-state index in [1.807, 2.05) is 12.3 Å². The van der Waals surface area contributed by atoms with Crippen LogP contribution in [0.15, 0.2) is 60.6 Å². The number of nitrogens with zero attached hydrogens (tertiary/aromatic N) is 6. The highest BCUT2D eigenvalue weighted by Crippen LogP contribution is 2.48. The number of benzene rings is 2. The fourth-order valence-corrected chi connectivity index (χ4v) is 7.15. The van der Waals surface area contributed by atoms with Crippen molar-refractivity contribution in [1.29, 1.82) is 0 Å². The van der Waals surface area contributed by atoms with Gasteiger partial charge in [0.15, 0.2) is 0 Å². The van der Waals surface area contributed by atoms with Crippen molar-refractivity contribution in [2.45, 2.75) is 19.5 Å². The largest absolute Gasteiger partial charge is 0.490 e. The summed E-state index contributed by atoms with van der Waals surface area (Å²) >= 11 is 1.31. The predicted molar refractivity (Wildman–Crippen MR) is 174 cm³/mol. The number of carbonyl (C=O) groups is 1. The van der Waals surface area contributed by atoms with Crippen LogP contribution in [-0.4, -0.2) is 62.2 Å². The van der Waals surface area contributed by atoms with Crippen LogP contribution in [-0.2, 0) is 23.1 Å². The van der Waals surface area contributed by atoms with E-state index in [0.29, 0.717) is 51.0 Å². The van der Waals surface area contributed by atoms with Gasteiger partial charge in [-0.15, -0.1) is 11.3 Å². The van der Waals surface area contributed by atoms with Gasteiger partial charge in [-0.25, -0.2) is 18.2 Å². The maximum absolute atomic E-state index is 16.2. The van der Waals surface area contributed by atoms with E-state index in [0.717, 1.165) is 17.8 Å². The van der Waals surface area contributed by atoms with Crippen molar-refractivity contribution >= 4 is 38.2 Å². The Morgan fingerprint density at radius 3 is 2.70 bits per heavy atom. The molecular formula is C34H29F3N6O3S. The van der Waals surface area contributed by atoms with Gasteiger partial charge >= 0.3 is 0 Å². The number of fused-ring (bicyclic) bond motifs is 3. The molecule has 0 radical (unpaired) electrons. The van der Waals surface area contributed by atoms with E-state index in [9.17, 15) is 9.18 Å². The van der Waals surface area contributed by atoms with Gasteiger partial charge in [0, 0.05) is 54.0 Å². The van der Waals surface area contributed by atoms with E-state index in [4.69, 9.17) is 19.6 Å². The molecule has 1 amide bonds. The summed E-state index contributed by atoms with van der Waals surface area (Å²) in [6.07, 6.45) is 2.74. The van der Waals surface area contributed by atoms with E-state index in [1.54, 1.807) is 45.6 Å². The standard InChI is InChI=1S/C34H29F3N6O3S/c1-5-28(44)42-9-10-43-26(18(42)2)16-24(40-43)33-30(29-23(36)14-19(35)15-27(29)46-12-11-45-4)34-21(8-13-47-34)32(39-33)20-6-7-25-22(31(20)37)17-38-41(25)3/h5-8,13-18H,1,9-12H2,2-4H3. The number of carbonyl (C=O) groups excluding carboxylic acids is 1. The molecule has 2 aromatic carbocycles. The molecule has 0 bridgehead atoms. The van der Waals surface area contributed by atoms with Gasteiger partial charge < -0.3 is 14.4 Å². The fraction of sp³-hybridized carbons (Fsp3) is 0.235. The maximum Gasteiger partial charge on any atom is 0.246 e. The maximum atomic E-state index is 16.2. The first-order chi connectivity index (χ1) is 22.7. The number of pyridine rings is 1. The molecule has 0 spiro atoms. The number of aryl methyl sites for hydroxylation is 1. The Balaban J connectivity index is 1.52. The molecule has 0 aliphatic carbocycles. The quantitative estimate of drug-likeness (QED) is 0.131. The van der Waals surface area contributed by atoms with Crippen molar-refractivity contribution in [1.82, 2.24) is 29.4 Å². The van der Waals surface area contributed by atoms with E-state index in [2.05, 4.69) is 11.7 Å². The highest BCUT2D eigenvalue weighted by atomic mass is 32.1. The lowest BCUT2D eigenvalue weighted by molar-refractivity contribution is -0.129. The Hall–Kier alpha value is -5.01. The average Bonchev–Trinajstić information content (AvgIpc) is 3.80. The van der Waals surface area contributed by atoms with Gasteiger partial charge in [-0.1, -0.05) is 6.58 Å². The van der Waals surface area contributed by atoms with Crippen LogP contribution in [0.2, 0.25) is 0 Å². The molecule has 1 aliphatic rings. The number of halogens is 3. The highest BCUT2D eigenvalue weighted by molar-refractivity contribution is 7.18. The normalized spacial score (nSPS) is 14.6. The van der Waals surface area contributed by atoms with Crippen molar-refractivity contribution in [3.8, 4) is 39.5 Å². The summed E-state index contributed by atoms with van der Waals surface area (Å²) in [5.74, 6) is -2.40. The predicted octanol–water partition coefficient (Wildman–Crippen LogP) is 6.91. The summed E-state index contributed by atoms with van der Waals surface area (Å²) in [5, 5.41) is 11.8. The zero-order chi connectivity index (χ0) is 33.0. The second-order valence-electron chi connectivity index (χ2n) is 11.2. The molecule has 0 N–H and O–H groups in total. The number of thiophene rings is 1. The number of aromatic nitrogens is 5. The molecule has 6 aromatic rings. The molecular weight excluding hydrogens is 629 g/mol. The Labute approximate surface area is 271 Å². The minimum Gasteiger partial charge on any atom is -0.490 e. The minimum atomic E-state index is -0.856. The first kappa shape index (κ1) is 30.6. The highest BCUT2D eigenvalue weighted by Gasteiger charge is 2.32. The first-order valence-corrected chi connectivity index (χ1v) is 15.7. The van der Waals surface area contributed by atoms with Crippen LogP contribution in [0.1, 0.15) is 18.7 Å². The summed E-state index contributed by atoms with van der Waals surface area (Å²) in [5.41, 5.74) is 2.86. The van der Waals surface area contributed by atoms with Crippen molar-refractivity contribution in [3.05, 3.63) is 83.8 Å².